The van der Waals surface area contributed by atoms with Gasteiger partial charge in [0.2, 0.25) is 0 Å². The van der Waals surface area contributed by atoms with E-state index in [0.29, 0.717) is 18.4 Å². The fraction of sp³-hybridized carbons (Fsp3) is 0.467. The van der Waals surface area contributed by atoms with Crippen LogP contribution >= 0.6 is 0 Å². The Balaban J connectivity index is 1.82. The molecule has 5 nitrogen and oxygen atoms in total. The Morgan fingerprint density at radius 3 is 2.55 bits per heavy atom. The topological polar surface area (TPSA) is 78.4 Å². The second-order valence-corrected chi connectivity index (χ2v) is 5.41. The number of carbonyl (C=O) groups is 2. The number of nitrogens with one attached hydrogen (secondary N) is 2. The Labute approximate surface area is 118 Å². The van der Waals surface area contributed by atoms with E-state index < -0.39 is 18.0 Å². The van der Waals surface area contributed by atoms with E-state index in [1.807, 2.05) is 30.3 Å². The van der Waals surface area contributed by atoms with Gasteiger partial charge in [-0.2, -0.15) is 0 Å². The first-order chi connectivity index (χ1) is 9.56. The summed E-state index contributed by atoms with van der Waals surface area (Å²) in [6.45, 7) is 2.75. The lowest BCUT2D eigenvalue weighted by Gasteiger charge is -2.15. The molecule has 0 aliphatic heterocycles. The van der Waals surface area contributed by atoms with E-state index in [2.05, 4.69) is 17.6 Å². The van der Waals surface area contributed by atoms with Gasteiger partial charge in [-0.25, -0.2) is 9.59 Å². The second-order valence-electron chi connectivity index (χ2n) is 5.41. The molecule has 0 spiro atoms. The minimum absolute atomic E-state index is 0.281. The molecule has 0 bridgehead atoms. The zero-order valence-corrected chi connectivity index (χ0v) is 11.5. The first-order valence-electron chi connectivity index (χ1n) is 6.87. The number of hydrogen-bond acceptors (Lipinski definition) is 2. The molecule has 0 radical (unpaired) electrons. The van der Waals surface area contributed by atoms with Gasteiger partial charge in [0.25, 0.3) is 0 Å². The van der Waals surface area contributed by atoms with Gasteiger partial charge in [-0.15, -0.1) is 0 Å². The highest BCUT2D eigenvalue weighted by atomic mass is 16.4. The Kier molecular flexibility index (Phi) is 4.61. The summed E-state index contributed by atoms with van der Waals surface area (Å²) >= 11 is 0. The van der Waals surface area contributed by atoms with Crippen LogP contribution in [0, 0.1) is 11.8 Å². The van der Waals surface area contributed by atoms with Crippen molar-refractivity contribution in [2.75, 3.05) is 6.54 Å². The minimum Gasteiger partial charge on any atom is -0.480 e. The molecule has 20 heavy (non-hydrogen) atoms. The summed E-state index contributed by atoms with van der Waals surface area (Å²) in [5.74, 6) is 0.178. The number of urea groups is 1. The molecule has 0 aromatic heterocycles. The van der Waals surface area contributed by atoms with E-state index in [1.54, 1.807) is 0 Å². The number of hydrogen-bond donors (Lipinski definition) is 3. The van der Waals surface area contributed by atoms with Gasteiger partial charge in [-0.1, -0.05) is 37.3 Å². The SMILES string of the molecule is CC1CC1CNC(=O)N[C@@H](Cc1ccccc1)C(=O)O. The summed E-state index contributed by atoms with van der Waals surface area (Å²) in [6, 6.07) is 7.95. The summed E-state index contributed by atoms with van der Waals surface area (Å²) in [5, 5.41) is 14.4. The molecule has 1 fully saturated rings. The van der Waals surface area contributed by atoms with Gasteiger partial charge in [0.15, 0.2) is 0 Å². The predicted octanol–water partition coefficient (Wildman–Crippen LogP) is 1.64. The molecule has 3 N–H and O–H groups in total. The van der Waals surface area contributed by atoms with Crippen LogP contribution in [0.25, 0.3) is 0 Å². The van der Waals surface area contributed by atoms with Gasteiger partial charge in [0.1, 0.15) is 6.04 Å². The molecule has 2 rings (SSSR count). The Morgan fingerprint density at radius 1 is 1.35 bits per heavy atom. The van der Waals surface area contributed by atoms with E-state index in [-0.39, 0.29) is 6.42 Å². The normalized spacial score (nSPS) is 21.9. The summed E-state index contributed by atoms with van der Waals surface area (Å²) in [7, 11) is 0. The third-order valence-electron chi connectivity index (χ3n) is 3.69. The van der Waals surface area contributed by atoms with Gasteiger partial charge < -0.3 is 15.7 Å². The number of carboxylic acids is 1. The highest BCUT2D eigenvalue weighted by Gasteiger charge is 2.32. The number of amides is 2. The molecule has 1 saturated carbocycles. The first-order valence-corrected chi connectivity index (χ1v) is 6.87. The highest BCUT2D eigenvalue weighted by Crippen LogP contribution is 2.36. The summed E-state index contributed by atoms with van der Waals surface area (Å²) < 4.78 is 0. The Morgan fingerprint density at radius 2 is 2.00 bits per heavy atom. The van der Waals surface area contributed by atoms with Crippen molar-refractivity contribution >= 4 is 12.0 Å². The monoisotopic (exact) mass is 276 g/mol. The smallest absolute Gasteiger partial charge is 0.326 e. The average molecular weight is 276 g/mol. The molecule has 108 valence electrons. The molecular formula is C15H20N2O3. The van der Waals surface area contributed by atoms with E-state index in [0.717, 1.165) is 12.0 Å². The minimum atomic E-state index is -1.02. The van der Waals surface area contributed by atoms with Gasteiger partial charge >= 0.3 is 12.0 Å². The molecule has 3 atom stereocenters. The maximum absolute atomic E-state index is 11.7. The molecule has 1 aromatic rings. The highest BCUT2D eigenvalue weighted by molar-refractivity contribution is 5.82. The van der Waals surface area contributed by atoms with E-state index in [1.165, 1.54) is 0 Å². The molecular weight excluding hydrogens is 256 g/mol. The molecule has 5 heteroatoms. The van der Waals surface area contributed by atoms with E-state index in [9.17, 15) is 14.7 Å². The lowest BCUT2D eigenvalue weighted by Crippen LogP contribution is -2.47. The van der Waals surface area contributed by atoms with E-state index in [4.69, 9.17) is 0 Å². The lowest BCUT2D eigenvalue weighted by molar-refractivity contribution is -0.139. The summed E-state index contributed by atoms with van der Waals surface area (Å²) in [4.78, 5) is 22.9. The molecule has 1 aromatic carbocycles. The lowest BCUT2D eigenvalue weighted by atomic mass is 10.1. The Bertz CT molecular complexity index is 475. The molecule has 2 unspecified atom stereocenters. The molecule has 0 saturated heterocycles. The number of rotatable bonds is 6. The third kappa shape index (κ3) is 4.26. The van der Waals surface area contributed by atoms with Crippen LogP contribution in [0.5, 0.6) is 0 Å². The van der Waals surface area contributed by atoms with Crippen molar-refractivity contribution in [3.8, 4) is 0 Å². The second kappa shape index (κ2) is 6.41. The van der Waals surface area contributed by atoms with Crippen LogP contribution in [0.2, 0.25) is 0 Å². The van der Waals surface area contributed by atoms with Gasteiger partial charge in [-0.05, 0) is 23.8 Å². The van der Waals surface area contributed by atoms with Gasteiger partial charge in [0.05, 0.1) is 0 Å². The van der Waals surface area contributed by atoms with Gasteiger partial charge in [-0.3, -0.25) is 0 Å². The van der Waals surface area contributed by atoms with Crippen LogP contribution in [0.4, 0.5) is 4.79 Å². The molecule has 2 amide bonds. The van der Waals surface area contributed by atoms with Crippen molar-refractivity contribution in [3.63, 3.8) is 0 Å². The Hall–Kier alpha value is -2.04. The van der Waals surface area contributed by atoms with Crippen LogP contribution in [-0.4, -0.2) is 29.7 Å². The third-order valence-corrected chi connectivity index (χ3v) is 3.69. The molecule has 1 aliphatic rings. The maximum Gasteiger partial charge on any atom is 0.326 e. The standard InChI is InChI=1S/C15H20N2O3/c1-10-7-12(10)9-16-15(20)17-13(14(18)19)8-11-5-3-2-4-6-11/h2-6,10,12-13H,7-9H2,1H3,(H,18,19)(H2,16,17,20)/t10?,12?,13-/m0/s1. The van der Waals surface area contributed by atoms with Crippen LogP contribution in [0.3, 0.4) is 0 Å². The van der Waals surface area contributed by atoms with Crippen LogP contribution < -0.4 is 10.6 Å². The van der Waals surface area contributed by atoms with Crippen molar-refractivity contribution in [2.45, 2.75) is 25.8 Å². The first kappa shape index (κ1) is 14.4. The van der Waals surface area contributed by atoms with Crippen LogP contribution in [-0.2, 0) is 11.2 Å². The maximum atomic E-state index is 11.7. The van der Waals surface area contributed by atoms with E-state index >= 15 is 0 Å². The van der Waals surface area contributed by atoms with Crippen LogP contribution in [0.15, 0.2) is 30.3 Å². The fourth-order valence-corrected chi connectivity index (χ4v) is 2.17. The number of aliphatic carboxylic acids is 1. The number of carbonyl (C=O) groups excluding carboxylic acids is 1. The van der Waals surface area contributed by atoms with Crippen molar-refractivity contribution in [1.82, 2.24) is 10.6 Å². The zero-order chi connectivity index (χ0) is 14.5. The summed E-state index contributed by atoms with van der Waals surface area (Å²) in [5.41, 5.74) is 0.885. The molecule has 0 heterocycles. The van der Waals surface area contributed by atoms with Crippen molar-refractivity contribution in [3.05, 3.63) is 35.9 Å². The van der Waals surface area contributed by atoms with Crippen LogP contribution in [0.1, 0.15) is 18.9 Å². The quantitative estimate of drug-likeness (QED) is 0.739. The van der Waals surface area contributed by atoms with Crippen molar-refractivity contribution in [1.29, 1.82) is 0 Å². The predicted molar refractivity (Wildman–Crippen MR) is 75.4 cm³/mol. The molecule has 1 aliphatic carbocycles. The van der Waals surface area contributed by atoms with Crippen molar-refractivity contribution < 1.29 is 14.7 Å². The van der Waals surface area contributed by atoms with Crippen molar-refractivity contribution in [2.24, 2.45) is 11.8 Å². The zero-order valence-electron chi connectivity index (χ0n) is 11.5. The largest absolute Gasteiger partial charge is 0.480 e. The average Bonchev–Trinajstić information content (AvgIpc) is 3.13. The fourth-order valence-electron chi connectivity index (χ4n) is 2.17. The number of carboxylic acid groups (broad SMARTS) is 1. The number of benzene rings is 1. The summed E-state index contributed by atoms with van der Waals surface area (Å²) in [6.07, 6.45) is 1.41. The van der Waals surface area contributed by atoms with Gasteiger partial charge in [0, 0.05) is 13.0 Å².